The van der Waals surface area contributed by atoms with Crippen LogP contribution in [0.3, 0.4) is 0 Å². The van der Waals surface area contributed by atoms with Crippen molar-refractivity contribution < 1.29 is 9.36 Å². The summed E-state index contributed by atoms with van der Waals surface area (Å²) in [5.41, 5.74) is 1.49. The third-order valence-corrected chi connectivity index (χ3v) is 3.46. The molecular weight excluding hydrogens is 246 g/mol. The molecule has 0 aliphatic rings. The fraction of sp³-hybridized carbons (Fsp3) is 0.333. The second-order valence-electron chi connectivity index (χ2n) is 5.08. The Kier molecular flexibility index (Phi) is 5.48. The van der Waals surface area contributed by atoms with Gasteiger partial charge in [0.25, 0.3) is 0 Å². The molecule has 2 heteroatoms. The van der Waals surface area contributed by atoms with Crippen LogP contribution in [0.25, 0.3) is 0 Å². The summed E-state index contributed by atoms with van der Waals surface area (Å²) in [5.74, 6) is 0.0868. The van der Waals surface area contributed by atoms with E-state index in [4.69, 9.17) is 0 Å². The number of ketones is 1. The first-order valence-corrected chi connectivity index (χ1v) is 7.40. The van der Waals surface area contributed by atoms with Gasteiger partial charge in [0.2, 0.25) is 0 Å². The minimum Gasteiger partial charge on any atom is -0.289 e. The summed E-state index contributed by atoms with van der Waals surface area (Å²) in [5, 5.41) is 0. The molecule has 0 atom stereocenters. The number of pyridine rings is 1. The highest BCUT2D eigenvalue weighted by atomic mass is 16.1. The van der Waals surface area contributed by atoms with Crippen molar-refractivity contribution in [1.29, 1.82) is 0 Å². The van der Waals surface area contributed by atoms with Gasteiger partial charge in [-0.2, -0.15) is 0 Å². The zero-order valence-corrected chi connectivity index (χ0v) is 12.1. The summed E-state index contributed by atoms with van der Waals surface area (Å²) in [4.78, 5) is 12.2. The number of rotatable bonds is 7. The van der Waals surface area contributed by atoms with Gasteiger partial charge >= 0.3 is 0 Å². The van der Waals surface area contributed by atoms with Crippen LogP contribution in [0.5, 0.6) is 0 Å². The van der Waals surface area contributed by atoms with Crippen molar-refractivity contribution in [2.45, 2.75) is 39.2 Å². The monoisotopic (exact) mass is 268 g/mol. The van der Waals surface area contributed by atoms with E-state index in [1.54, 1.807) is 0 Å². The third-order valence-electron chi connectivity index (χ3n) is 3.46. The molecule has 0 unspecified atom stereocenters. The van der Waals surface area contributed by atoms with Gasteiger partial charge in [0.1, 0.15) is 6.54 Å². The minimum atomic E-state index is 0.0868. The predicted molar refractivity (Wildman–Crippen MR) is 80.7 cm³/mol. The molecule has 0 fully saturated rings. The van der Waals surface area contributed by atoms with Crippen molar-refractivity contribution in [3.05, 3.63) is 66.0 Å². The van der Waals surface area contributed by atoms with E-state index in [0.717, 1.165) is 17.7 Å². The van der Waals surface area contributed by atoms with Crippen LogP contribution >= 0.6 is 0 Å². The first-order valence-electron chi connectivity index (χ1n) is 7.40. The number of aryl methyl sites for hydroxylation is 1. The van der Waals surface area contributed by atoms with Crippen LogP contribution in [0.2, 0.25) is 0 Å². The number of carbonyl (C=O) groups is 1. The van der Waals surface area contributed by atoms with Crippen molar-refractivity contribution >= 4 is 5.78 Å². The summed E-state index contributed by atoms with van der Waals surface area (Å²) in [6.45, 7) is 3.25. The van der Waals surface area contributed by atoms with Crippen molar-refractivity contribution in [3.8, 4) is 0 Å². The molecule has 2 nitrogen and oxygen atoms in total. The highest BCUT2D eigenvalue weighted by Gasteiger charge is 2.10. The molecule has 0 saturated heterocycles. The maximum Gasteiger partial charge on any atom is 0.193 e. The Morgan fingerprint density at radius 3 is 2.20 bits per heavy atom. The number of hydrogen-bond acceptors (Lipinski definition) is 1. The molecule has 20 heavy (non-hydrogen) atoms. The number of aromatic nitrogens is 1. The topological polar surface area (TPSA) is 20.9 Å². The van der Waals surface area contributed by atoms with E-state index in [0.29, 0.717) is 0 Å². The number of carbonyl (C=O) groups excluding carboxylic acids is 1. The SMILES string of the molecule is CCCCCC[n+]1ccc(C(=O)c2ccccc2)cc1. The Hall–Kier alpha value is -1.96. The molecule has 0 amide bonds. The lowest BCUT2D eigenvalue weighted by atomic mass is 10.0. The molecule has 0 N–H and O–H groups in total. The van der Waals surface area contributed by atoms with Gasteiger partial charge in [0.15, 0.2) is 18.2 Å². The van der Waals surface area contributed by atoms with Crippen LogP contribution in [-0.4, -0.2) is 5.78 Å². The Labute approximate surface area is 121 Å². The number of benzene rings is 1. The van der Waals surface area contributed by atoms with Crippen LogP contribution in [0.15, 0.2) is 54.9 Å². The maximum atomic E-state index is 12.2. The van der Waals surface area contributed by atoms with Gasteiger partial charge in [-0.25, -0.2) is 4.57 Å². The van der Waals surface area contributed by atoms with Crippen LogP contribution in [-0.2, 0) is 6.54 Å². The Bertz CT molecular complexity index is 531. The summed E-state index contributed by atoms with van der Waals surface area (Å²) in [7, 11) is 0. The number of unbranched alkanes of at least 4 members (excludes halogenated alkanes) is 3. The van der Waals surface area contributed by atoms with Crippen LogP contribution in [0.4, 0.5) is 0 Å². The van der Waals surface area contributed by atoms with Gasteiger partial charge in [-0.3, -0.25) is 4.79 Å². The fourth-order valence-electron chi connectivity index (χ4n) is 2.24. The van der Waals surface area contributed by atoms with Crippen LogP contribution in [0.1, 0.15) is 48.5 Å². The molecule has 2 rings (SSSR count). The second-order valence-corrected chi connectivity index (χ2v) is 5.08. The lowest BCUT2D eigenvalue weighted by Gasteiger charge is -2.01. The van der Waals surface area contributed by atoms with Crippen LogP contribution < -0.4 is 4.57 Å². The summed E-state index contributed by atoms with van der Waals surface area (Å²) in [6, 6.07) is 13.2. The highest BCUT2D eigenvalue weighted by Crippen LogP contribution is 2.08. The molecule has 1 aromatic carbocycles. The Balaban J connectivity index is 1.96. The van der Waals surface area contributed by atoms with E-state index in [-0.39, 0.29) is 5.78 Å². The molecule has 0 aliphatic carbocycles. The zero-order chi connectivity index (χ0) is 14.2. The lowest BCUT2D eigenvalue weighted by molar-refractivity contribution is -0.697. The van der Waals surface area contributed by atoms with E-state index in [9.17, 15) is 4.79 Å². The van der Waals surface area contributed by atoms with E-state index in [1.807, 2.05) is 54.9 Å². The quantitative estimate of drug-likeness (QED) is 0.425. The summed E-state index contributed by atoms with van der Waals surface area (Å²) >= 11 is 0. The molecule has 0 aliphatic heterocycles. The molecule has 0 saturated carbocycles. The third kappa shape index (κ3) is 4.02. The largest absolute Gasteiger partial charge is 0.289 e. The second kappa shape index (κ2) is 7.59. The predicted octanol–water partition coefficient (Wildman–Crippen LogP) is 3.79. The summed E-state index contributed by atoms with van der Waals surface area (Å²) in [6.07, 6.45) is 9.03. The van der Waals surface area contributed by atoms with Gasteiger partial charge in [-0.1, -0.05) is 50.1 Å². The molecule has 1 aromatic heterocycles. The number of hydrogen-bond donors (Lipinski definition) is 0. The average molecular weight is 268 g/mol. The van der Waals surface area contributed by atoms with Crippen molar-refractivity contribution in [2.24, 2.45) is 0 Å². The molecule has 1 heterocycles. The molecule has 0 radical (unpaired) electrons. The lowest BCUT2D eigenvalue weighted by Crippen LogP contribution is -2.32. The minimum absolute atomic E-state index is 0.0868. The average Bonchev–Trinajstić information content (AvgIpc) is 2.52. The van der Waals surface area contributed by atoms with E-state index in [1.165, 1.54) is 25.7 Å². The smallest absolute Gasteiger partial charge is 0.193 e. The van der Waals surface area contributed by atoms with Crippen LogP contribution in [0, 0.1) is 0 Å². The van der Waals surface area contributed by atoms with Crippen molar-refractivity contribution in [3.63, 3.8) is 0 Å². The molecular formula is C18H22NO+. The molecule has 104 valence electrons. The van der Waals surface area contributed by atoms with E-state index < -0.39 is 0 Å². The maximum absolute atomic E-state index is 12.2. The Morgan fingerprint density at radius 1 is 0.900 bits per heavy atom. The molecule has 2 aromatic rings. The fourth-order valence-corrected chi connectivity index (χ4v) is 2.24. The first-order chi connectivity index (χ1) is 9.81. The molecule has 0 spiro atoms. The zero-order valence-electron chi connectivity index (χ0n) is 12.1. The van der Waals surface area contributed by atoms with Crippen molar-refractivity contribution in [2.75, 3.05) is 0 Å². The Morgan fingerprint density at radius 2 is 1.55 bits per heavy atom. The van der Waals surface area contributed by atoms with Gasteiger partial charge in [0, 0.05) is 29.7 Å². The molecule has 0 bridgehead atoms. The number of nitrogens with zero attached hydrogens (tertiary/aromatic N) is 1. The van der Waals surface area contributed by atoms with Gasteiger partial charge < -0.3 is 0 Å². The normalized spacial score (nSPS) is 10.4. The first kappa shape index (κ1) is 14.4. The highest BCUT2D eigenvalue weighted by molar-refractivity contribution is 6.08. The summed E-state index contributed by atoms with van der Waals surface area (Å²) < 4.78 is 2.15. The van der Waals surface area contributed by atoms with Gasteiger partial charge in [0.05, 0.1) is 0 Å². The van der Waals surface area contributed by atoms with Gasteiger partial charge in [-0.05, 0) is 6.42 Å². The van der Waals surface area contributed by atoms with Crippen molar-refractivity contribution in [1.82, 2.24) is 0 Å². The van der Waals surface area contributed by atoms with Gasteiger partial charge in [-0.15, -0.1) is 0 Å². The standard InChI is InChI=1S/C18H22NO/c1-2-3-4-8-13-19-14-11-17(12-15-19)18(20)16-9-6-5-7-10-16/h5-7,9-12,14-15H,2-4,8,13H2,1H3/q+1. The van der Waals surface area contributed by atoms with E-state index in [2.05, 4.69) is 11.5 Å². The van der Waals surface area contributed by atoms with E-state index >= 15 is 0 Å².